The van der Waals surface area contributed by atoms with Gasteiger partial charge < -0.3 is 5.32 Å². The number of amides is 1. The smallest absolute Gasteiger partial charge is 0.254 e. The van der Waals surface area contributed by atoms with E-state index >= 15 is 0 Å². The summed E-state index contributed by atoms with van der Waals surface area (Å²) in [6.07, 6.45) is 1.65. The Hall–Kier alpha value is -3.28. The largest absolute Gasteiger partial charge is 0.352 e. The van der Waals surface area contributed by atoms with Crippen molar-refractivity contribution in [2.75, 3.05) is 0 Å². The summed E-state index contributed by atoms with van der Waals surface area (Å²) in [5.41, 5.74) is 2.02. The van der Waals surface area contributed by atoms with Crippen molar-refractivity contribution >= 4 is 5.91 Å². The molecule has 0 radical (unpaired) electrons. The van der Waals surface area contributed by atoms with Gasteiger partial charge in [0.25, 0.3) is 5.56 Å². The first-order valence-corrected chi connectivity index (χ1v) is 9.60. The normalized spacial score (nSPS) is 11.8. The molecule has 150 valence electrons. The second-order valence-corrected chi connectivity index (χ2v) is 7.15. The molecule has 1 heterocycles. The summed E-state index contributed by atoms with van der Waals surface area (Å²) < 4.78 is 14.6. The second kappa shape index (κ2) is 9.28. The van der Waals surface area contributed by atoms with Gasteiger partial charge in [-0.05, 0) is 56.5 Å². The van der Waals surface area contributed by atoms with Crippen LogP contribution in [0.1, 0.15) is 24.6 Å². The first-order chi connectivity index (χ1) is 13.9. The maximum atomic E-state index is 13.3. The molecular formula is C23H24FN3O2. The highest BCUT2D eigenvalue weighted by Crippen LogP contribution is 2.17. The van der Waals surface area contributed by atoms with Crippen molar-refractivity contribution in [1.29, 1.82) is 0 Å². The Kier molecular flexibility index (Phi) is 6.54. The Labute approximate surface area is 169 Å². The zero-order valence-corrected chi connectivity index (χ0v) is 16.6. The van der Waals surface area contributed by atoms with E-state index in [1.807, 2.05) is 25.1 Å². The van der Waals surface area contributed by atoms with Gasteiger partial charge in [-0.15, -0.1) is 0 Å². The van der Waals surface area contributed by atoms with Gasteiger partial charge in [0.1, 0.15) is 18.2 Å². The molecule has 2 aromatic carbocycles. The molecule has 1 N–H and O–H groups in total. The average Bonchev–Trinajstić information content (AvgIpc) is 2.70. The first-order valence-electron chi connectivity index (χ1n) is 9.60. The molecule has 0 aliphatic heterocycles. The van der Waals surface area contributed by atoms with Gasteiger partial charge >= 0.3 is 0 Å². The number of aromatic nitrogens is 2. The van der Waals surface area contributed by atoms with Crippen LogP contribution in [-0.2, 0) is 17.8 Å². The fourth-order valence-corrected chi connectivity index (χ4v) is 3.16. The van der Waals surface area contributed by atoms with Crippen LogP contribution >= 0.6 is 0 Å². The van der Waals surface area contributed by atoms with Crippen molar-refractivity contribution in [1.82, 2.24) is 14.9 Å². The number of halogens is 1. The molecular weight excluding hydrogens is 369 g/mol. The van der Waals surface area contributed by atoms with E-state index in [9.17, 15) is 14.0 Å². The minimum atomic E-state index is -0.375. The number of nitrogens with one attached hydrogen (secondary N) is 1. The number of hydrogen-bond donors (Lipinski definition) is 1. The van der Waals surface area contributed by atoms with Crippen LogP contribution in [0.25, 0.3) is 11.4 Å². The Balaban J connectivity index is 1.71. The van der Waals surface area contributed by atoms with E-state index in [1.54, 1.807) is 19.1 Å². The van der Waals surface area contributed by atoms with Crippen molar-refractivity contribution < 1.29 is 9.18 Å². The number of hydrogen-bond acceptors (Lipinski definition) is 3. The molecule has 0 spiro atoms. The zero-order chi connectivity index (χ0) is 20.8. The molecule has 1 amide bonds. The van der Waals surface area contributed by atoms with E-state index in [0.29, 0.717) is 17.1 Å². The minimum absolute atomic E-state index is 0.0360. The molecule has 1 aromatic heterocycles. The molecule has 6 heteroatoms. The summed E-state index contributed by atoms with van der Waals surface area (Å²) >= 11 is 0. The van der Waals surface area contributed by atoms with Crippen LogP contribution in [0.15, 0.2) is 65.5 Å². The highest BCUT2D eigenvalue weighted by Gasteiger charge is 2.15. The maximum absolute atomic E-state index is 13.3. The van der Waals surface area contributed by atoms with Crippen LogP contribution in [0.2, 0.25) is 0 Å². The Morgan fingerprint density at radius 1 is 1.14 bits per heavy atom. The van der Waals surface area contributed by atoms with E-state index in [0.717, 1.165) is 12.8 Å². The van der Waals surface area contributed by atoms with Crippen molar-refractivity contribution in [3.8, 4) is 11.4 Å². The number of benzene rings is 2. The molecule has 0 saturated heterocycles. The summed E-state index contributed by atoms with van der Waals surface area (Å²) in [5.74, 6) is -0.288. The molecule has 29 heavy (non-hydrogen) atoms. The van der Waals surface area contributed by atoms with Gasteiger partial charge in [-0.25, -0.2) is 9.37 Å². The molecule has 0 bridgehead atoms. The molecule has 0 unspecified atom stereocenters. The number of carbonyl (C=O) groups is 1. The van der Waals surface area contributed by atoms with Crippen molar-refractivity contribution in [3.63, 3.8) is 0 Å². The van der Waals surface area contributed by atoms with Gasteiger partial charge in [0, 0.05) is 23.4 Å². The van der Waals surface area contributed by atoms with Crippen LogP contribution in [0.4, 0.5) is 4.39 Å². The summed E-state index contributed by atoms with van der Waals surface area (Å²) in [7, 11) is 0. The van der Waals surface area contributed by atoms with Crippen LogP contribution in [0.3, 0.4) is 0 Å². The van der Waals surface area contributed by atoms with Crippen LogP contribution in [-0.4, -0.2) is 21.5 Å². The lowest BCUT2D eigenvalue weighted by atomic mass is 10.1. The average molecular weight is 393 g/mol. The number of rotatable bonds is 7. The lowest BCUT2D eigenvalue weighted by molar-refractivity contribution is -0.122. The first kappa shape index (κ1) is 20.5. The summed E-state index contributed by atoms with van der Waals surface area (Å²) in [5, 5.41) is 2.94. The fourth-order valence-electron chi connectivity index (χ4n) is 3.16. The fraction of sp³-hybridized carbons (Fsp3) is 0.261. The van der Waals surface area contributed by atoms with E-state index in [1.165, 1.54) is 28.3 Å². The van der Waals surface area contributed by atoms with Crippen molar-refractivity contribution in [2.24, 2.45) is 0 Å². The van der Waals surface area contributed by atoms with Gasteiger partial charge in [0.2, 0.25) is 5.91 Å². The molecule has 3 rings (SSSR count). The number of carbonyl (C=O) groups excluding carboxylic acids is 1. The molecule has 3 aromatic rings. The molecule has 0 fully saturated rings. The van der Waals surface area contributed by atoms with E-state index in [2.05, 4.69) is 22.4 Å². The van der Waals surface area contributed by atoms with Crippen molar-refractivity contribution in [3.05, 3.63) is 88.1 Å². The van der Waals surface area contributed by atoms with Crippen LogP contribution < -0.4 is 10.9 Å². The monoisotopic (exact) mass is 393 g/mol. The van der Waals surface area contributed by atoms with Crippen molar-refractivity contribution in [2.45, 2.75) is 39.3 Å². The van der Waals surface area contributed by atoms with E-state index in [-0.39, 0.29) is 29.9 Å². The van der Waals surface area contributed by atoms with Gasteiger partial charge in [0.05, 0.1) is 0 Å². The number of nitrogens with zero attached hydrogens (tertiary/aromatic N) is 2. The molecule has 0 aliphatic rings. The molecule has 5 nitrogen and oxygen atoms in total. The van der Waals surface area contributed by atoms with Gasteiger partial charge in [-0.3, -0.25) is 14.2 Å². The van der Waals surface area contributed by atoms with E-state index in [4.69, 9.17) is 0 Å². The Bertz CT molecular complexity index is 1030. The zero-order valence-electron chi connectivity index (χ0n) is 16.6. The standard InChI is InChI=1S/C23H24FN3O2/c1-16(8-9-18-6-4-3-5-7-18)25-21(28)15-27-22(29)14-17(2)26-23(27)19-10-12-20(24)13-11-19/h3-7,10-14,16H,8-9,15H2,1-2H3,(H,25,28)/t16-/m1/s1. The van der Waals surface area contributed by atoms with Gasteiger partial charge in [-0.1, -0.05) is 30.3 Å². The van der Waals surface area contributed by atoms with Crippen LogP contribution in [0, 0.1) is 12.7 Å². The summed E-state index contributed by atoms with van der Waals surface area (Å²) in [4.78, 5) is 29.5. The number of aryl methyl sites for hydroxylation is 2. The SMILES string of the molecule is Cc1cc(=O)n(CC(=O)N[C@H](C)CCc2ccccc2)c(-c2ccc(F)cc2)n1. The third-order valence-electron chi connectivity index (χ3n) is 4.66. The lowest BCUT2D eigenvalue weighted by Gasteiger charge is -2.16. The molecule has 0 saturated carbocycles. The predicted molar refractivity (Wildman–Crippen MR) is 111 cm³/mol. The highest BCUT2D eigenvalue weighted by atomic mass is 19.1. The van der Waals surface area contributed by atoms with E-state index < -0.39 is 0 Å². The molecule has 1 atom stereocenters. The topological polar surface area (TPSA) is 64.0 Å². The lowest BCUT2D eigenvalue weighted by Crippen LogP contribution is -2.38. The van der Waals surface area contributed by atoms with Gasteiger partial charge in [0.15, 0.2) is 0 Å². The Morgan fingerprint density at radius 2 is 1.83 bits per heavy atom. The third kappa shape index (κ3) is 5.60. The Morgan fingerprint density at radius 3 is 2.52 bits per heavy atom. The maximum Gasteiger partial charge on any atom is 0.254 e. The summed E-state index contributed by atoms with van der Waals surface area (Å²) in [6.45, 7) is 3.51. The van der Waals surface area contributed by atoms with Crippen LogP contribution in [0.5, 0.6) is 0 Å². The predicted octanol–water partition coefficient (Wildman–Crippen LogP) is 3.50. The summed E-state index contributed by atoms with van der Waals surface area (Å²) in [6, 6.07) is 17.1. The minimum Gasteiger partial charge on any atom is -0.352 e. The third-order valence-corrected chi connectivity index (χ3v) is 4.66. The quantitative estimate of drug-likeness (QED) is 0.668. The van der Waals surface area contributed by atoms with Gasteiger partial charge in [-0.2, -0.15) is 0 Å². The highest BCUT2D eigenvalue weighted by molar-refractivity contribution is 5.76. The molecule has 0 aliphatic carbocycles. The second-order valence-electron chi connectivity index (χ2n) is 7.15.